The lowest BCUT2D eigenvalue weighted by atomic mass is 10.0. The molecule has 0 fully saturated rings. The van der Waals surface area contributed by atoms with Gasteiger partial charge in [-0.2, -0.15) is 0 Å². The lowest BCUT2D eigenvalue weighted by Gasteiger charge is -2.13. The van der Waals surface area contributed by atoms with E-state index >= 15 is 0 Å². The van der Waals surface area contributed by atoms with E-state index in [1.165, 1.54) is 11.7 Å². The van der Waals surface area contributed by atoms with Gasteiger partial charge in [0.1, 0.15) is 5.56 Å². The van der Waals surface area contributed by atoms with Crippen LogP contribution in [0.4, 0.5) is 0 Å². The van der Waals surface area contributed by atoms with E-state index < -0.39 is 5.97 Å². The van der Waals surface area contributed by atoms with E-state index in [2.05, 4.69) is 4.74 Å². The maximum Gasteiger partial charge on any atom is 0.343 e. The molecule has 1 aromatic heterocycles. The highest BCUT2D eigenvalue weighted by Crippen LogP contribution is 2.13. The Labute approximate surface area is 88.5 Å². The molecule has 1 aromatic rings. The molecular weight excluding hydrogens is 194 g/mol. The molecule has 0 amide bonds. The summed E-state index contributed by atoms with van der Waals surface area (Å²) in [6.07, 6.45) is 0. The van der Waals surface area contributed by atoms with Gasteiger partial charge in [-0.1, -0.05) is 0 Å². The Hall–Kier alpha value is -1.58. The van der Waals surface area contributed by atoms with Crippen molar-refractivity contribution in [3.63, 3.8) is 0 Å². The quantitative estimate of drug-likeness (QED) is 0.651. The van der Waals surface area contributed by atoms with Crippen LogP contribution in [0.2, 0.25) is 0 Å². The third kappa shape index (κ3) is 1.67. The molecule has 0 aliphatic heterocycles. The molecule has 0 radical (unpaired) electrons. The summed E-state index contributed by atoms with van der Waals surface area (Å²) >= 11 is 0. The summed E-state index contributed by atoms with van der Waals surface area (Å²) in [6.45, 7) is 5.50. The largest absolute Gasteiger partial charge is 0.465 e. The highest BCUT2D eigenvalue weighted by molar-refractivity contribution is 5.90. The van der Waals surface area contributed by atoms with Crippen LogP contribution in [0.25, 0.3) is 0 Å². The zero-order valence-corrected chi connectivity index (χ0v) is 9.67. The first kappa shape index (κ1) is 11.5. The number of esters is 1. The highest BCUT2D eigenvalue weighted by Gasteiger charge is 2.18. The van der Waals surface area contributed by atoms with Gasteiger partial charge in [-0.15, -0.1) is 0 Å². The van der Waals surface area contributed by atoms with Crippen molar-refractivity contribution in [1.82, 2.24) is 4.57 Å². The lowest BCUT2D eigenvalue weighted by Crippen LogP contribution is -2.29. The fraction of sp³-hybridized carbons (Fsp3) is 0.455. The van der Waals surface area contributed by atoms with Crippen molar-refractivity contribution in [2.24, 2.45) is 7.05 Å². The molecule has 1 rings (SSSR count). The summed E-state index contributed by atoms with van der Waals surface area (Å²) in [4.78, 5) is 23.3. The molecule has 15 heavy (non-hydrogen) atoms. The predicted octanol–water partition coefficient (Wildman–Crippen LogP) is 1.10. The average Bonchev–Trinajstić information content (AvgIpc) is 2.23. The molecule has 0 bridgehead atoms. The smallest absolute Gasteiger partial charge is 0.343 e. The number of aromatic nitrogens is 1. The van der Waals surface area contributed by atoms with E-state index in [1.807, 2.05) is 13.8 Å². The number of carbonyl (C=O) groups is 1. The Morgan fingerprint density at radius 3 is 2.20 bits per heavy atom. The van der Waals surface area contributed by atoms with Crippen molar-refractivity contribution in [2.75, 3.05) is 7.11 Å². The molecule has 0 atom stereocenters. The molecule has 0 unspecified atom stereocenters. The fourth-order valence-corrected chi connectivity index (χ4v) is 1.53. The molecule has 0 aromatic carbocycles. The third-order valence-electron chi connectivity index (χ3n) is 2.89. The fourth-order valence-electron chi connectivity index (χ4n) is 1.53. The Morgan fingerprint density at radius 2 is 1.73 bits per heavy atom. The van der Waals surface area contributed by atoms with Gasteiger partial charge >= 0.3 is 5.97 Å². The second kappa shape index (κ2) is 3.88. The Morgan fingerprint density at radius 1 is 1.20 bits per heavy atom. The van der Waals surface area contributed by atoms with Crippen LogP contribution in [0.1, 0.15) is 27.2 Å². The maximum absolute atomic E-state index is 11.8. The molecule has 0 spiro atoms. The van der Waals surface area contributed by atoms with E-state index in [1.54, 1.807) is 14.0 Å². The third-order valence-corrected chi connectivity index (χ3v) is 2.89. The maximum atomic E-state index is 11.8. The summed E-state index contributed by atoms with van der Waals surface area (Å²) in [5.74, 6) is -0.573. The van der Waals surface area contributed by atoms with Crippen molar-refractivity contribution in [3.8, 4) is 0 Å². The zero-order chi connectivity index (χ0) is 11.7. The van der Waals surface area contributed by atoms with Crippen LogP contribution < -0.4 is 5.56 Å². The van der Waals surface area contributed by atoms with Gasteiger partial charge in [-0.05, 0) is 31.9 Å². The average molecular weight is 209 g/mol. The van der Waals surface area contributed by atoms with Gasteiger partial charge in [0.05, 0.1) is 7.11 Å². The number of carbonyl (C=O) groups excluding carboxylic acids is 1. The summed E-state index contributed by atoms with van der Waals surface area (Å²) in [6, 6.07) is 0. The van der Waals surface area contributed by atoms with Crippen molar-refractivity contribution in [1.29, 1.82) is 0 Å². The van der Waals surface area contributed by atoms with Gasteiger partial charge in [0, 0.05) is 12.7 Å². The van der Waals surface area contributed by atoms with Gasteiger partial charge in [0.15, 0.2) is 0 Å². The number of methoxy groups -OCH3 is 1. The summed E-state index contributed by atoms with van der Waals surface area (Å²) < 4.78 is 6.06. The molecule has 0 aliphatic rings. The van der Waals surface area contributed by atoms with Crippen LogP contribution in [0.5, 0.6) is 0 Å². The molecule has 4 heteroatoms. The van der Waals surface area contributed by atoms with Crippen LogP contribution in [0.3, 0.4) is 0 Å². The van der Waals surface area contributed by atoms with Crippen molar-refractivity contribution in [3.05, 3.63) is 32.7 Å². The van der Waals surface area contributed by atoms with Gasteiger partial charge in [0.2, 0.25) is 0 Å². The topological polar surface area (TPSA) is 48.3 Å². The molecule has 0 saturated heterocycles. The Kier molecular flexibility index (Phi) is 2.98. The van der Waals surface area contributed by atoms with Gasteiger partial charge in [0.25, 0.3) is 5.56 Å². The van der Waals surface area contributed by atoms with E-state index in [-0.39, 0.29) is 11.1 Å². The molecule has 1 heterocycles. The molecular formula is C11H15NO3. The van der Waals surface area contributed by atoms with Crippen LogP contribution in [-0.4, -0.2) is 17.6 Å². The number of ether oxygens (including phenoxy) is 1. The van der Waals surface area contributed by atoms with E-state index in [0.29, 0.717) is 5.56 Å². The Balaban J connectivity index is 3.68. The first-order valence-corrected chi connectivity index (χ1v) is 4.67. The number of hydrogen-bond acceptors (Lipinski definition) is 3. The molecule has 0 saturated carbocycles. The normalized spacial score (nSPS) is 10.2. The molecule has 0 aliphatic carbocycles. The molecule has 0 N–H and O–H groups in total. The van der Waals surface area contributed by atoms with Gasteiger partial charge in [-0.25, -0.2) is 4.79 Å². The second-order valence-electron chi connectivity index (χ2n) is 3.57. The van der Waals surface area contributed by atoms with Crippen LogP contribution in [0.15, 0.2) is 4.79 Å². The predicted molar refractivity (Wildman–Crippen MR) is 57.2 cm³/mol. The van der Waals surface area contributed by atoms with E-state index in [0.717, 1.165) is 11.3 Å². The number of hydrogen-bond donors (Lipinski definition) is 0. The first-order valence-electron chi connectivity index (χ1n) is 4.67. The summed E-state index contributed by atoms with van der Waals surface area (Å²) in [7, 11) is 2.92. The first-order chi connectivity index (χ1) is 6.91. The molecule has 82 valence electrons. The minimum atomic E-state index is -0.573. The highest BCUT2D eigenvalue weighted by atomic mass is 16.5. The minimum Gasteiger partial charge on any atom is -0.465 e. The molecule has 4 nitrogen and oxygen atoms in total. The summed E-state index contributed by atoms with van der Waals surface area (Å²) in [5, 5.41) is 0. The van der Waals surface area contributed by atoms with Crippen LogP contribution in [-0.2, 0) is 11.8 Å². The van der Waals surface area contributed by atoms with Crippen LogP contribution in [0, 0.1) is 20.8 Å². The summed E-state index contributed by atoms with van der Waals surface area (Å²) in [5.41, 5.74) is 2.33. The number of pyridine rings is 1. The van der Waals surface area contributed by atoms with E-state index in [4.69, 9.17) is 0 Å². The van der Waals surface area contributed by atoms with Crippen molar-refractivity contribution in [2.45, 2.75) is 20.8 Å². The Bertz CT molecular complexity index is 472. The van der Waals surface area contributed by atoms with Gasteiger partial charge < -0.3 is 9.30 Å². The minimum absolute atomic E-state index is 0.128. The van der Waals surface area contributed by atoms with Crippen molar-refractivity contribution < 1.29 is 9.53 Å². The van der Waals surface area contributed by atoms with Gasteiger partial charge in [-0.3, -0.25) is 4.79 Å². The zero-order valence-electron chi connectivity index (χ0n) is 9.67. The van der Waals surface area contributed by atoms with Crippen LogP contribution >= 0.6 is 0 Å². The second-order valence-corrected chi connectivity index (χ2v) is 3.57. The van der Waals surface area contributed by atoms with E-state index in [9.17, 15) is 9.59 Å². The monoisotopic (exact) mass is 209 g/mol. The number of nitrogens with zero attached hydrogens (tertiary/aromatic N) is 1. The number of rotatable bonds is 1. The lowest BCUT2D eigenvalue weighted by molar-refractivity contribution is 0.0597. The SMILES string of the molecule is COC(=O)c1c(C)c(C)c(C)n(C)c1=O. The van der Waals surface area contributed by atoms with Crippen molar-refractivity contribution >= 4 is 5.97 Å². The standard InChI is InChI=1S/C11H15NO3/c1-6-7(2)9(11(14)15-5)10(13)12(4)8(6)3/h1-5H3.